The third kappa shape index (κ3) is 3.60. The average Bonchev–Trinajstić information content (AvgIpc) is 3.30. The first-order valence-electron chi connectivity index (χ1n) is 11.3. The van der Waals surface area contributed by atoms with Gasteiger partial charge >= 0.3 is 0 Å². The van der Waals surface area contributed by atoms with E-state index in [4.69, 9.17) is 0 Å². The van der Waals surface area contributed by atoms with Crippen molar-refractivity contribution in [1.82, 2.24) is 35.1 Å². The van der Waals surface area contributed by atoms with Gasteiger partial charge in [0, 0.05) is 39.7 Å². The van der Waals surface area contributed by atoms with E-state index in [-0.39, 0.29) is 17.0 Å². The van der Waals surface area contributed by atoms with Gasteiger partial charge in [-0.05, 0) is 43.2 Å². The summed E-state index contributed by atoms with van der Waals surface area (Å²) < 4.78 is 13.7. The molecule has 0 radical (unpaired) electrons. The zero-order chi connectivity index (χ0) is 24.2. The van der Waals surface area contributed by atoms with Crippen LogP contribution in [0.1, 0.15) is 12.8 Å². The Bertz CT molecular complexity index is 1780. The Kier molecular flexibility index (Phi) is 4.64. The molecule has 0 bridgehead atoms. The van der Waals surface area contributed by atoms with Gasteiger partial charge in [0.2, 0.25) is 5.91 Å². The number of hydrogen-bond donors (Lipinski definition) is 3. The summed E-state index contributed by atoms with van der Waals surface area (Å²) in [5, 5.41) is 11.0. The van der Waals surface area contributed by atoms with Crippen LogP contribution in [-0.4, -0.2) is 41.0 Å². The fraction of sp³-hybridized carbons (Fsp3) is 0.120. The van der Waals surface area contributed by atoms with E-state index >= 15 is 0 Å². The smallest absolute Gasteiger partial charge is 0.227 e. The molecule has 6 aromatic rings. The largest absolute Gasteiger partial charge is 0.335 e. The zero-order valence-electron chi connectivity index (χ0n) is 18.6. The van der Waals surface area contributed by atoms with E-state index in [1.165, 1.54) is 6.07 Å². The first kappa shape index (κ1) is 20.8. The van der Waals surface area contributed by atoms with Crippen LogP contribution >= 0.6 is 11.3 Å². The number of aromatic amines is 2. The van der Waals surface area contributed by atoms with Crippen LogP contribution < -0.4 is 5.32 Å². The number of amides is 1. The molecule has 1 aliphatic rings. The maximum atomic E-state index is 13.7. The van der Waals surface area contributed by atoms with Gasteiger partial charge in [0.15, 0.2) is 16.6 Å². The van der Waals surface area contributed by atoms with Crippen molar-refractivity contribution >= 4 is 45.0 Å². The van der Waals surface area contributed by atoms with Crippen molar-refractivity contribution in [1.29, 1.82) is 0 Å². The monoisotopic (exact) mass is 496 g/mol. The number of thiophene rings is 1. The summed E-state index contributed by atoms with van der Waals surface area (Å²) in [7, 11) is 0. The Balaban J connectivity index is 1.28. The molecule has 6 heterocycles. The molecule has 36 heavy (non-hydrogen) atoms. The third-order valence-corrected chi connectivity index (χ3v) is 7.06. The first-order valence-corrected chi connectivity index (χ1v) is 12.2. The number of anilines is 1. The number of pyridine rings is 3. The van der Waals surface area contributed by atoms with E-state index in [9.17, 15) is 9.18 Å². The molecule has 3 N–H and O–H groups in total. The second kappa shape index (κ2) is 8.02. The molecule has 6 aromatic heterocycles. The number of nitrogens with one attached hydrogen (secondary N) is 3. The molecule has 176 valence electrons. The van der Waals surface area contributed by atoms with Gasteiger partial charge in [0.1, 0.15) is 5.69 Å². The van der Waals surface area contributed by atoms with Crippen LogP contribution in [0.25, 0.3) is 55.3 Å². The van der Waals surface area contributed by atoms with E-state index in [1.807, 2.05) is 18.2 Å². The molecule has 0 atom stereocenters. The molecular formula is C25H17FN8OS. The number of carbonyl (C=O) groups excluding carboxylic acids is 1. The van der Waals surface area contributed by atoms with Crippen molar-refractivity contribution in [3.63, 3.8) is 0 Å². The van der Waals surface area contributed by atoms with E-state index in [0.29, 0.717) is 34.1 Å². The van der Waals surface area contributed by atoms with Crippen LogP contribution in [0.4, 0.5) is 10.1 Å². The van der Waals surface area contributed by atoms with Crippen molar-refractivity contribution in [2.75, 3.05) is 5.32 Å². The molecule has 9 nitrogen and oxygen atoms in total. The van der Waals surface area contributed by atoms with E-state index in [2.05, 4.69) is 40.4 Å². The quantitative estimate of drug-likeness (QED) is 0.302. The van der Waals surface area contributed by atoms with Crippen LogP contribution in [0.3, 0.4) is 0 Å². The van der Waals surface area contributed by atoms with Crippen molar-refractivity contribution in [3.05, 3.63) is 60.3 Å². The van der Waals surface area contributed by atoms with E-state index in [1.54, 1.807) is 30.9 Å². The van der Waals surface area contributed by atoms with Gasteiger partial charge in [-0.3, -0.25) is 19.9 Å². The molecule has 1 fully saturated rings. The Morgan fingerprint density at radius 2 is 2.03 bits per heavy atom. The number of fused-ring (bicyclic) bond motifs is 2. The number of carbonyl (C=O) groups is 1. The van der Waals surface area contributed by atoms with Gasteiger partial charge in [0.05, 0.1) is 34.8 Å². The zero-order valence-corrected chi connectivity index (χ0v) is 19.4. The minimum atomic E-state index is -0.251. The fourth-order valence-corrected chi connectivity index (χ4v) is 4.94. The number of H-pyrrole nitrogens is 2. The molecule has 1 amide bonds. The maximum absolute atomic E-state index is 13.7. The number of nitrogens with zero attached hydrogens (tertiary/aromatic N) is 5. The molecule has 0 aromatic carbocycles. The molecule has 0 aliphatic heterocycles. The number of rotatable bonds is 5. The van der Waals surface area contributed by atoms with Crippen LogP contribution in [-0.2, 0) is 4.79 Å². The second-order valence-electron chi connectivity index (χ2n) is 8.66. The summed E-state index contributed by atoms with van der Waals surface area (Å²) in [6, 6.07) is 8.79. The van der Waals surface area contributed by atoms with Gasteiger partial charge in [-0.15, -0.1) is 11.3 Å². The lowest BCUT2D eigenvalue weighted by molar-refractivity contribution is -0.117. The van der Waals surface area contributed by atoms with Crippen LogP contribution in [0.2, 0.25) is 0 Å². The van der Waals surface area contributed by atoms with Crippen LogP contribution in [0.5, 0.6) is 0 Å². The lowest BCUT2D eigenvalue weighted by Gasteiger charge is -2.06. The lowest BCUT2D eigenvalue weighted by Crippen LogP contribution is -2.13. The summed E-state index contributed by atoms with van der Waals surface area (Å²) in [6.07, 6.45) is 8.57. The SMILES string of the molecule is O=C(Nc1cncc(-c2cc3c(-c4nc5nccc(-c6ccc(F)s6)c5[nH]4)n[nH]c3cn2)c1)C1CC1. The number of aromatic nitrogens is 7. The van der Waals surface area contributed by atoms with Crippen LogP contribution in [0, 0.1) is 11.0 Å². The van der Waals surface area contributed by atoms with E-state index in [0.717, 1.165) is 51.1 Å². The molecule has 0 unspecified atom stereocenters. The molecule has 1 saturated carbocycles. The minimum Gasteiger partial charge on any atom is -0.335 e. The molecule has 7 rings (SSSR count). The predicted molar refractivity (Wildman–Crippen MR) is 135 cm³/mol. The second-order valence-corrected chi connectivity index (χ2v) is 9.69. The summed E-state index contributed by atoms with van der Waals surface area (Å²) in [4.78, 5) is 34.1. The molecule has 0 spiro atoms. The highest BCUT2D eigenvalue weighted by atomic mass is 32.1. The standard InChI is InChI=1S/C25H17FN8OS/c26-20-4-3-19(36-20)15-5-6-28-23-21(15)31-24(32-23)22-16-8-17(29-11-18(16)33-34-22)13-7-14(10-27-9-13)30-25(35)12-1-2-12/h3-12H,1-2H2,(H,30,35)(H,33,34)(H,28,31,32). The van der Waals surface area contributed by atoms with Gasteiger partial charge in [-0.2, -0.15) is 9.49 Å². The number of hydrogen-bond acceptors (Lipinski definition) is 7. The summed E-state index contributed by atoms with van der Waals surface area (Å²) in [6.45, 7) is 0. The first-order chi connectivity index (χ1) is 17.6. The van der Waals surface area contributed by atoms with E-state index < -0.39 is 0 Å². The normalized spacial score (nSPS) is 13.5. The Labute approximate surface area is 206 Å². The van der Waals surface area contributed by atoms with Gasteiger partial charge in [0.25, 0.3) is 0 Å². The van der Waals surface area contributed by atoms with Gasteiger partial charge < -0.3 is 10.3 Å². The highest BCUT2D eigenvalue weighted by Gasteiger charge is 2.29. The summed E-state index contributed by atoms with van der Waals surface area (Å²) in [5.74, 6) is 0.667. The van der Waals surface area contributed by atoms with Crippen molar-refractivity contribution in [3.8, 4) is 33.2 Å². The van der Waals surface area contributed by atoms with Crippen LogP contribution in [0.15, 0.2) is 55.1 Å². The van der Waals surface area contributed by atoms with Gasteiger partial charge in [-0.1, -0.05) is 0 Å². The van der Waals surface area contributed by atoms with Crippen molar-refractivity contribution in [2.24, 2.45) is 5.92 Å². The van der Waals surface area contributed by atoms with Crippen molar-refractivity contribution in [2.45, 2.75) is 12.8 Å². The Morgan fingerprint density at radius 1 is 1.11 bits per heavy atom. The molecular weight excluding hydrogens is 479 g/mol. The highest BCUT2D eigenvalue weighted by Crippen LogP contribution is 2.34. The predicted octanol–water partition coefficient (Wildman–Crippen LogP) is 5.17. The molecule has 1 aliphatic carbocycles. The summed E-state index contributed by atoms with van der Waals surface area (Å²) >= 11 is 1.07. The van der Waals surface area contributed by atoms with Gasteiger partial charge in [-0.25, -0.2) is 9.97 Å². The average molecular weight is 497 g/mol. The maximum Gasteiger partial charge on any atom is 0.227 e. The Hall–Kier alpha value is -4.51. The Morgan fingerprint density at radius 3 is 2.86 bits per heavy atom. The highest BCUT2D eigenvalue weighted by molar-refractivity contribution is 7.14. The molecule has 0 saturated heterocycles. The lowest BCUT2D eigenvalue weighted by atomic mass is 10.1. The third-order valence-electron chi connectivity index (χ3n) is 6.15. The van der Waals surface area contributed by atoms with Crippen molar-refractivity contribution < 1.29 is 9.18 Å². The number of imidazole rings is 1. The fourth-order valence-electron chi connectivity index (χ4n) is 4.18. The minimum absolute atomic E-state index is 0.0256. The number of halogens is 1. The molecule has 11 heteroatoms. The topological polar surface area (TPSA) is 125 Å². The summed E-state index contributed by atoms with van der Waals surface area (Å²) in [5.41, 5.74) is 5.50.